The predicted molar refractivity (Wildman–Crippen MR) is 93.5 cm³/mol. The summed E-state index contributed by atoms with van der Waals surface area (Å²) < 4.78 is 0. The van der Waals surface area contributed by atoms with Gasteiger partial charge in [-0.2, -0.15) is 0 Å². The van der Waals surface area contributed by atoms with Gasteiger partial charge in [-0.3, -0.25) is 9.59 Å². The molecule has 132 valence electrons. The zero-order valence-electron chi connectivity index (χ0n) is 14.4. The fraction of sp³-hybridized carbons (Fsp3) is 0.684. The molecule has 0 heterocycles. The van der Waals surface area contributed by atoms with E-state index in [2.05, 4.69) is 19.1 Å². The molecule has 0 saturated carbocycles. The van der Waals surface area contributed by atoms with Gasteiger partial charge in [0.15, 0.2) is 0 Å². The molecular formula is C19H32O4. The van der Waals surface area contributed by atoms with Crippen LogP contribution in [0.1, 0.15) is 77.6 Å². The minimum atomic E-state index is -1.06. The summed E-state index contributed by atoms with van der Waals surface area (Å²) in [7, 11) is 0. The minimum Gasteiger partial charge on any atom is -0.481 e. The quantitative estimate of drug-likeness (QED) is 0.321. The Kier molecular flexibility index (Phi) is 14.3. The summed E-state index contributed by atoms with van der Waals surface area (Å²) in [6, 6.07) is 0. The number of carboxylic acids is 2. The lowest BCUT2D eigenvalue weighted by Gasteiger charge is -2.05. The van der Waals surface area contributed by atoms with E-state index in [-0.39, 0.29) is 6.42 Å². The molecule has 0 fully saturated rings. The molecule has 0 aliphatic rings. The number of hydrogen-bond donors (Lipinski definition) is 2. The van der Waals surface area contributed by atoms with Gasteiger partial charge in [0.05, 0.1) is 12.3 Å². The summed E-state index contributed by atoms with van der Waals surface area (Å²) >= 11 is 0. The van der Waals surface area contributed by atoms with Crippen LogP contribution in [0, 0.1) is 5.92 Å². The topological polar surface area (TPSA) is 74.6 Å². The number of rotatable bonds is 15. The van der Waals surface area contributed by atoms with E-state index in [4.69, 9.17) is 10.2 Å². The molecule has 0 aromatic rings. The molecule has 2 N–H and O–H groups in total. The molecule has 0 aliphatic heterocycles. The van der Waals surface area contributed by atoms with E-state index in [0.29, 0.717) is 6.42 Å². The second-order valence-corrected chi connectivity index (χ2v) is 5.96. The highest BCUT2D eigenvalue weighted by Crippen LogP contribution is 2.12. The first-order valence-corrected chi connectivity index (χ1v) is 8.78. The molecule has 0 rings (SSSR count). The highest BCUT2D eigenvalue weighted by atomic mass is 16.4. The van der Waals surface area contributed by atoms with Crippen molar-refractivity contribution in [2.45, 2.75) is 77.6 Å². The largest absolute Gasteiger partial charge is 0.481 e. The van der Waals surface area contributed by atoms with E-state index in [1.807, 2.05) is 12.2 Å². The van der Waals surface area contributed by atoms with Crippen molar-refractivity contribution in [3.63, 3.8) is 0 Å². The fourth-order valence-corrected chi connectivity index (χ4v) is 2.44. The highest BCUT2D eigenvalue weighted by molar-refractivity contribution is 5.77. The lowest BCUT2D eigenvalue weighted by molar-refractivity contribution is -0.148. The van der Waals surface area contributed by atoms with Crippen molar-refractivity contribution in [1.82, 2.24) is 0 Å². The van der Waals surface area contributed by atoms with Crippen LogP contribution in [0.25, 0.3) is 0 Å². The molecular weight excluding hydrogens is 292 g/mol. The van der Waals surface area contributed by atoms with Crippen LogP contribution >= 0.6 is 0 Å². The van der Waals surface area contributed by atoms with E-state index in [1.165, 1.54) is 44.9 Å². The lowest BCUT2D eigenvalue weighted by atomic mass is 10.0. The van der Waals surface area contributed by atoms with Crippen LogP contribution in [-0.4, -0.2) is 22.2 Å². The van der Waals surface area contributed by atoms with Crippen LogP contribution in [0.15, 0.2) is 24.3 Å². The Morgan fingerprint density at radius 2 is 1.35 bits per heavy atom. The first-order valence-electron chi connectivity index (χ1n) is 8.78. The molecule has 0 radical (unpaired) electrons. The molecule has 1 unspecified atom stereocenters. The Balaban J connectivity index is 3.49. The van der Waals surface area contributed by atoms with Gasteiger partial charge in [-0.05, 0) is 39.0 Å². The van der Waals surface area contributed by atoms with Gasteiger partial charge in [-0.25, -0.2) is 0 Å². The van der Waals surface area contributed by atoms with Gasteiger partial charge >= 0.3 is 11.9 Å². The zero-order chi connectivity index (χ0) is 17.3. The molecule has 0 saturated heterocycles. The van der Waals surface area contributed by atoms with E-state index in [1.54, 1.807) is 0 Å². The Bertz CT molecular complexity index is 372. The van der Waals surface area contributed by atoms with Crippen molar-refractivity contribution in [3.8, 4) is 0 Å². The van der Waals surface area contributed by atoms with Gasteiger partial charge < -0.3 is 10.2 Å². The van der Waals surface area contributed by atoms with Crippen LogP contribution in [0.4, 0.5) is 0 Å². The van der Waals surface area contributed by atoms with Crippen molar-refractivity contribution in [2.24, 2.45) is 5.92 Å². The van der Waals surface area contributed by atoms with E-state index in [0.717, 1.165) is 12.8 Å². The van der Waals surface area contributed by atoms with Crippen LogP contribution in [0.3, 0.4) is 0 Å². The molecule has 0 aromatic heterocycles. The highest BCUT2D eigenvalue weighted by Gasteiger charge is 2.18. The normalized spacial score (nSPS) is 12.9. The Labute approximate surface area is 140 Å². The van der Waals surface area contributed by atoms with Gasteiger partial charge in [0.2, 0.25) is 0 Å². The maximum absolute atomic E-state index is 10.9. The summed E-state index contributed by atoms with van der Waals surface area (Å²) in [6.07, 6.45) is 19.0. The number of hydrogen-bond acceptors (Lipinski definition) is 2. The first-order chi connectivity index (χ1) is 11.1. The van der Waals surface area contributed by atoms with E-state index in [9.17, 15) is 9.59 Å². The fourth-order valence-electron chi connectivity index (χ4n) is 2.44. The van der Waals surface area contributed by atoms with Crippen LogP contribution in [0.2, 0.25) is 0 Å². The Morgan fingerprint density at radius 3 is 1.83 bits per heavy atom. The second kappa shape index (κ2) is 15.3. The average Bonchev–Trinajstić information content (AvgIpc) is 2.50. The summed E-state index contributed by atoms with van der Waals surface area (Å²) in [4.78, 5) is 21.4. The molecule has 23 heavy (non-hydrogen) atoms. The number of carboxylic acid groups (broad SMARTS) is 2. The molecule has 0 aromatic carbocycles. The van der Waals surface area contributed by atoms with Crippen LogP contribution < -0.4 is 0 Å². The molecule has 1 atom stereocenters. The third-order valence-electron chi connectivity index (χ3n) is 3.83. The smallest absolute Gasteiger partial charge is 0.307 e. The van der Waals surface area contributed by atoms with Crippen molar-refractivity contribution in [1.29, 1.82) is 0 Å². The van der Waals surface area contributed by atoms with Gasteiger partial charge in [0.1, 0.15) is 0 Å². The maximum atomic E-state index is 10.9. The third-order valence-corrected chi connectivity index (χ3v) is 3.83. The third kappa shape index (κ3) is 15.1. The number of allylic oxidation sites excluding steroid dienone is 4. The summed E-state index contributed by atoms with van der Waals surface area (Å²) in [5.74, 6) is -2.91. The summed E-state index contributed by atoms with van der Waals surface area (Å²) in [6.45, 7) is 2.06. The molecule has 4 heteroatoms. The number of unbranched alkanes of at least 4 members (excludes halogenated alkanes) is 8. The van der Waals surface area contributed by atoms with Crippen molar-refractivity contribution in [2.75, 3.05) is 0 Å². The van der Waals surface area contributed by atoms with Gasteiger partial charge in [0, 0.05) is 0 Å². The van der Waals surface area contributed by atoms with Gasteiger partial charge in [-0.15, -0.1) is 0 Å². The average molecular weight is 324 g/mol. The molecule has 0 spiro atoms. The number of aliphatic carboxylic acids is 2. The predicted octanol–water partition coefficient (Wildman–Crippen LogP) is 5.20. The first kappa shape index (κ1) is 21.4. The monoisotopic (exact) mass is 324 g/mol. The number of carbonyl (C=O) groups is 2. The van der Waals surface area contributed by atoms with Crippen LogP contribution in [0.5, 0.6) is 0 Å². The SMILES string of the molecule is C/C=C/CCCCCCCCC/C=C/CC(CC(=O)O)C(=O)O. The second-order valence-electron chi connectivity index (χ2n) is 5.96. The van der Waals surface area contributed by atoms with E-state index < -0.39 is 17.9 Å². The van der Waals surface area contributed by atoms with E-state index >= 15 is 0 Å². The zero-order valence-corrected chi connectivity index (χ0v) is 14.4. The van der Waals surface area contributed by atoms with Gasteiger partial charge in [0.25, 0.3) is 0 Å². The summed E-state index contributed by atoms with van der Waals surface area (Å²) in [5.41, 5.74) is 0. The molecule has 0 bridgehead atoms. The van der Waals surface area contributed by atoms with Crippen molar-refractivity contribution < 1.29 is 19.8 Å². The Hall–Kier alpha value is -1.58. The van der Waals surface area contributed by atoms with Gasteiger partial charge in [-0.1, -0.05) is 56.4 Å². The van der Waals surface area contributed by atoms with Crippen molar-refractivity contribution in [3.05, 3.63) is 24.3 Å². The molecule has 4 nitrogen and oxygen atoms in total. The molecule has 0 aliphatic carbocycles. The Morgan fingerprint density at radius 1 is 0.826 bits per heavy atom. The maximum Gasteiger partial charge on any atom is 0.307 e. The minimum absolute atomic E-state index is 0.299. The summed E-state index contributed by atoms with van der Waals surface area (Å²) in [5, 5.41) is 17.6. The van der Waals surface area contributed by atoms with Crippen LogP contribution in [-0.2, 0) is 9.59 Å². The van der Waals surface area contributed by atoms with Crippen molar-refractivity contribution >= 4 is 11.9 Å². The standard InChI is InChI=1S/C19H32O4/c1-2-3-4-5-6-7-8-9-10-11-12-13-14-15-17(19(22)23)16-18(20)21/h2-3,13-14,17H,4-12,15-16H2,1H3,(H,20,21)(H,22,23)/b3-2+,14-13+. The lowest BCUT2D eigenvalue weighted by Crippen LogP contribution is -2.16. The molecule has 0 amide bonds.